The van der Waals surface area contributed by atoms with E-state index in [9.17, 15) is 4.79 Å². The highest BCUT2D eigenvalue weighted by atomic mass is 35.5. The number of nitrogens with one attached hydrogen (secondary N) is 1. The van der Waals surface area contributed by atoms with Gasteiger partial charge in [0.1, 0.15) is 12.4 Å². The summed E-state index contributed by atoms with van der Waals surface area (Å²) in [6.07, 6.45) is 3.35. The minimum atomic E-state index is -0.0349. The highest BCUT2D eigenvalue weighted by molar-refractivity contribution is 6.30. The first-order valence-electron chi connectivity index (χ1n) is 10.3. The summed E-state index contributed by atoms with van der Waals surface area (Å²) in [6.45, 7) is 2.97. The number of aromatic nitrogens is 1. The first-order chi connectivity index (χ1) is 14.6. The van der Waals surface area contributed by atoms with E-state index in [-0.39, 0.29) is 30.7 Å². The van der Waals surface area contributed by atoms with Gasteiger partial charge < -0.3 is 19.5 Å². The number of hydrogen-bond donors (Lipinski definition) is 1. The van der Waals surface area contributed by atoms with Crippen LogP contribution >= 0.6 is 36.4 Å². The van der Waals surface area contributed by atoms with Crippen LogP contribution in [-0.2, 0) is 36.2 Å². The minimum absolute atomic E-state index is 0. The van der Waals surface area contributed by atoms with Crippen LogP contribution < -0.4 is 10.2 Å². The van der Waals surface area contributed by atoms with Gasteiger partial charge in [-0.15, -0.1) is 24.8 Å². The average molecular weight is 495 g/mol. The zero-order valence-electron chi connectivity index (χ0n) is 17.8. The van der Waals surface area contributed by atoms with Gasteiger partial charge in [-0.05, 0) is 35.4 Å². The van der Waals surface area contributed by atoms with Crippen LogP contribution in [0.25, 0.3) is 10.9 Å². The smallest absolute Gasteiger partial charge is 0.254 e. The standard InChI is InChI=1S/C24H24ClN3O2.2ClH/c1-27-22-8-10-26-14-21(22)20-7-6-18(12-23(20)27)28-11-9-19(13-24(28)29)30-15-16-2-4-17(25)5-3-16;;/h2-7,12-13,26H,8-11,14-15H2,1H3;2*1H. The monoisotopic (exact) mass is 493 g/mol. The average Bonchev–Trinajstić information content (AvgIpc) is 3.05. The molecule has 0 atom stereocenters. The second-order valence-electron chi connectivity index (χ2n) is 7.88. The van der Waals surface area contributed by atoms with Gasteiger partial charge in [0.2, 0.25) is 0 Å². The predicted molar refractivity (Wildman–Crippen MR) is 134 cm³/mol. The summed E-state index contributed by atoms with van der Waals surface area (Å²) in [7, 11) is 2.12. The highest BCUT2D eigenvalue weighted by Crippen LogP contribution is 2.32. The van der Waals surface area contributed by atoms with E-state index >= 15 is 0 Å². The number of halogens is 3. The number of hydrogen-bond acceptors (Lipinski definition) is 3. The molecule has 0 spiro atoms. The summed E-state index contributed by atoms with van der Waals surface area (Å²) < 4.78 is 8.15. The molecular formula is C24H26Cl3N3O2. The third kappa shape index (κ3) is 4.62. The lowest BCUT2D eigenvalue weighted by Crippen LogP contribution is -2.34. The van der Waals surface area contributed by atoms with Crippen molar-refractivity contribution in [3.05, 3.63) is 76.1 Å². The number of amides is 1. The topological polar surface area (TPSA) is 46.5 Å². The molecule has 5 nitrogen and oxygen atoms in total. The summed E-state index contributed by atoms with van der Waals surface area (Å²) in [6, 6.07) is 13.9. The van der Waals surface area contributed by atoms with Crippen molar-refractivity contribution in [3.8, 4) is 0 Å². The van der Waals surface area contributed by atoms with Crippen molar-refractivity contribution in [2.75, 3.05) is 18.0 Å². The predicted octanol–water partition coefficient (Wildman–Crippen LogP) is 5.16. The van der Waals surface area contributed by atoms with E-state index in [1.807, 2.05) is 29.2 Å². The number of ether oxygens (including phenoxy) is 1. The van der Waals surface area contributed by atoms with E-state index in [2.05, 4.69) is 35.1 Å². The number of benzene rings is 2. The maximum atomic E-state index is 12.8. The van der Waals surface area contributed by atoms with Crippen molar-refractivity contribution in [2.45, 2.75) is 26.0 Å². The van der Waals surface area contributed by atoms with Gasteiger partial charge in [0, 0.05) is 67.4 Å². The summed E-state index contributed by atoms with van der Waals surface area (Å²) in [5, 5.41) is 5.43. The van der Waals surface area contributed by atoms with Crippen LogP contribution in [-0.4, -0.2) is 23.6 Å². The number of nitrogens with zero attached hydrogens (tertiary/aromatic N) is 2. The quantitative estimate of drug-likeness (QED) is 0.545. The van der Waals surface area contributed by atoms with Gasteiger partial charge in [-0.2, -0.15) is 0 Å². The van der Waals surface area contributed by atoms with E-state index in [4.69, 9.17) is 16.3 Å². The molecule has 2 aromatic carbocycles. The molecule has 0 saturated carbocycles. The SMILES string of the molecule is Cl.Cl.Cn1c2c(c3ccc(N4CCC(OCc5ccc(Cl)cc5)=CC4=O)cc31)CNCC2. The zero-order valence-corrected chi connectivity index (χ0v) is 20.2. The first kappa shape index (κ1) is 24.5. The Labute approximate surface area is 205 Å². The summed E-state index contributed by atoms with van der Waals surface area (Å²) >= 11 is 5.92. The maximum absolute atomic E-state index is 12.8. The number of carbonyl (C=O) groups excluding carboxylic acids is 1. The van der Waals surface area contributed by atoms with Gasteiger partial charge in [-0.1, -0.05) is 29.8 Å². The molecule has 2 aliphatic heterocycles. The Morgan fingerprint density at radius 1 is 1.09 bits per heavy atom. The van der Waals surface area contributed by atoms with Crippen molar-refractivity contribution in [3.63, 3.8) is 0 Å². The first-order valence-corrected chi connectivity index (χ1v) is 10.7. The molecule has 3 aromatic rings. The van der Waals surface area contributed by atoms with Crippen LogP contribution in [0.4, 0.5) is 5.69 Å². The molecule has 0 unspecified atom stereocenters. The van der Waals surface area contributed by atoms with Crippen molar-refractivity contribution < 1.29 is 9.53 Å². The molecule has 32 heavy (non-hydrogen) atoms. The molecule has 170 valence electrons. The van der Waals surface area contributed by atoms with E-state index in [0.717, 1.165) is 36.5 Å². The van der Waals surface area contributed by atoms with Gasteiger partial charge in [-0.25, -0.2) is 0 Å². The third-order valence-electron chi connectivity index (χ3n) is 6.04. The van der Waals surface area contributed by atoms with Crippen LogP contribution in [0.2, 0.25) is 5.02 Å². The normalized spacial score (nSPS) is 15.5. The lowest BCUT2D eigenvalue weighted by molar-refractivity contribution is -0.114. The molecule has 1 aromatic heterocycles. The second kappa shape index (κ2) is 10.2. The van der Waals surface area contributed by atoms with Crippen molar-refractivity contribution in [1.29, 1.82) is 0 Å². The lowest BCUT2D eigenvalue weighted by Gasteiger charge is -2.26. The van der Waals surface area contributed by atoms with Gasteiger partial charge in [-0.3, -0.25) is 4.79 Å². The second-order valence-corrected chi connectivity index (χ2v) is 8.31. The number of fused-ring (bicyclic) bond motifs is 3. The zero-order chi connectivity index (χ0) is 20.7. The van der Waals surface area contributed by atoms with Crippen molar-refractivity contribution >= 4 is 58.9 Å². The van der Waals surface area contributed by atoms with Crippen LogP contribution in [0.15, 0.2) is 54.3 Å². The fourth-order valence-electron chi connectivity index (χ4n) is 4.41. The maximum Gasteiger partial charge on any atom is 0.254 e. The van der Waals surface area contributed by atoms with E-state index in [0.29, 0.717) is 24.6 Å². The van der Waals surface area contributed by atoms with E-state index < -0.39 is 0 Å². The Balaban J connectivity index is 0.00000144. The minimum Gasteiger partial charge on any atom is -0.493 e. The third-order valence-corrected chi connectivity index (χ3v) is 6.29. The number of carbonyl (C=O) groups is 1. The van der Waals surface area contributed by atoms with E-state index in [1.165, 1.54) is 22.2 Å². The summed E-state index contributed by atoms with van der Waals surface area (Å²) in [5.41, 5.74) is 5.92. The lowest BCUT2D eigenvalue weighted by atomic mass is 10.1. The number of aryl methyl sites for hydroxylation is 1. The molecule has 0 saturated heterocycles. The highest BCUT2D eigenvalue weighted by Gasteiger charge is 2.23. The van der Waals surface area contributed by atoms with Crippen LogP contribution in [0.3, 0.4) is 0 Å². The van der Waals surface area contributed by atoms with Gasteiger partial charge in [0.05, 0.1) is 5.52 Å². The number of rotatable bonds is 4. The Morgan fingerprint density at radius 2 is 1.88 bits per heavy atom. The van der Waals surface area contributed by atoms with Gasteiger partial charge in [0.25, 0.3) is 5.91 Å². The molecule has 5 rings (SSSR count). The Kier molecular flexibility index (Phi) is 7.78. The summed E-state index contributed by atoms with van der Waals surface area (Å²) in [4.78, 5) is 14.6. The Hall–Kier alpha value is -2.18. The molecule has 3 heterocycles. The van der Waals surface area contributed by atoms with Gasteiger partial charge in [0.15, 0.2) is 0 Å². The molecule has 8 heteroatoms. The molecule has 1 N–H and O–H groups in total. The van der Waals surface area contributed by atoms with Crippen LogP contribution in [0.1, 0.15) is 23.2 Å². The molecule has 0 bridgehead atoms. The molecule has 2 aliphatic rings. The fraction of sp³-hybridized carbons (Fsp3) is 0.292. The number of anilines is 1. The van der Waals surface area contributed by atoms with E-state index in [1.54, 1.807) is 6.08 Å². The molecule has 0 radical (unpaired) electrons. The van der Waals surface area contributed by atoms with Crippen LogP contribution in [0, 0.1) is 0 Å². The molecular weight excluding hydrogens is 469 g/mol. The van der Waals surface area contributed by atoms with Crippen molar-refractivity contribution in [2.24, 2.45) is 7.05 Å². The fourth-order valence-corrected chi connectivity index (χ4v) is 4.53. The van der Waals surface area contributed by atoms with Crippen LogP contribution in [0.5, 0.6) is 0 Å². The Bertz CT molecular complexity index is 1160. The molecule has 0 fully saturated rings. The van der Waals surface area contributed by atoms with Crippen molar-refractivity contribution in [1.82, 2.24) is 9.88 Å². The van der Waals surface area contributed by atoms with Gasteiger partial charge >= 0.3 is 0 Å². The molecule has 1 amide bonds. The largest absolute Gasteiger partial charge is 0.493 e. The molecule has 0 aliphatic carbocycles. The summed E-state index contributed by atoms with van der Waals surface area (Å²) in [5.74, 6) is 0.694. The Morgan fingerprint density at radius 3 is 2.62 bits per heavy atom.